The molecule has 2 fully saturated rings. The first-order valence-corrected chi connectivity index (χ1v) is 11.2. The number of furan rings is 1. The molecule has 0 aliphatic carbocycles. The van der Waals surface area contributed by atoms with Crippen LogP contribution in [0.4, 0.5) is 10.5 Å². The van der Waals surface area contributed by atoms with Crippen molar-refractivity contribution in [3.05, 3.63) is 42.7 Å². The minimum absolute atomic E-state index is 0.0124. The number of benzene rings is 1. The zero-order valence-corrected chi connectivity index (χ0v) is 18.1. The fourth-order valence-corrected chi connectivity index (χ4v) is 4.59. The number of ether oxygens (including phenoxy) is 1. The molecule has 166 valence electrons. The van der Waals surface area contributed by atoms with Gasteiger partial charge in [0.2, 0.25) is 5.91 Å². The topological polar surface area (TPSA) is 75.0 Å². The third kappa shape index (κ3) is 5.28. The van der Waals surface area contributed by atoms with E-state index in [0.717, 1.165) is 68.9 Å². The molecule has 2 aliphatic heterocycles. The van der Waals surface area contributed by atoms with Crippen molar-refractivity contribution in [2.75, 3.05) is 38.1 Å². The lowest BCUT2D eigenvalue weighted by atomic mass is 9.93. The highest BCUT2D eigenvalue weighted by atomic mass is 16.6. The van der Waals surface area contributed by atoms with Crippen molar-refractivity contribution < 1.29 is 18.7 Å². The van der Waals surface area contributed by atoms with Crippen LogP contribution in [0.3, 0.4) is 0 Å². The molecule has 1 N–H and O–H groups in total. The zero-order valence-electron chi connectivity index (χ0n) is 18.1. The van der Waals surface area contributed by atoms with Crippen LogP contribution in [-0.4, -0.2) is 60.6 Å². The summed E-state index contributed by atoms with van der Waals surface area (Å²) in [6.07, 6.45) is 5.24. The molecule has 0 unspecified atom stereocenters. The minimum Gasteiger partial charge on any atom is -0.464 e. The average molecular weight is 426 g/mol. The molecular weight excluding hydrogens is 394 g/mol. The molecule has 4 rings (SSSR count). The number of likely N-dealkylation sites (tertiary alicyclic amines) is 2. The van der Waals surface area contributed by atoms with Crippen LogP contribution in [0.2, 0.25) is 0 Å². The second-order valence-corrected chi connectivity index (χ2v) is 8.30. The van der Waals surface area contributed by atoms with Gasteiger partial charge in [-0.15, -0.1) is 0 Å². The number of rotatable bonds is 5. The molecule has 2 amide bonds. The summed E-state index contributed by atoms with van der Waals surface area (Å²) < 4.78 is 10.5. The molecule has 0 spiro atoms. The number of amides is 2. The molecule has 2 aromatic rings. The highest BCUT2D eigenvalue weighted by Crippen LogP contribution is 2.26. The maximum Gasteiger partial charge on any atom is 0.409 e. The van der Waals surface area contributed by atoms with E-state index in [2.05, 4.69) is 10.2 Å². The van der Waals surface area contributed by atoms with Crippen LogP contribution in [0.1, 0.15) is 32.6 Å². The summed E-state index contributed by atoms with van der Waals surface area (Å²) in [4.78, 5) is 29.0. The van der Waals surface area contributed by atoms with Gasteiger partial charge < -0.3 is 19.4 Å². The van der Waals surface area contributed by atoms with Crippen LogP contribution < -0.4 is 5.32 Å². The molecule has 7 heteroatoms. The van der Waals surface area contributed by atoms with E-state index in [1.54, 1.807) is 11.2 Å². The number of nitrogens with zero attached hydrogens (tertiary/aromatic N) is 2. The Morgan fingerprint density at radius 2 is 1.87 bits per heavy atom. The van der Waals surface area contributed by atoms with Gasteiger partial charge in [0, 0.05) is 36.9 Å². The van der Waals surface area contributed by atoms with Gasteiger partial charge >= 0.3 is 6.09 Å². The number of nitrogens with one attached hydrogen (secondary N) is 1. The van der Waals surface area contributed by atoms with E-state index in [9.17, 15) is 9.59 Å². The summed E-state index contributed by atoms with van der Waals surface area (Å²) in [5, 5.41) is 3.08. The Morgan fingerprint density at radius 1 is 1.10 bits per heavy atom. The van der Waals surface area contributed by atoms with Crippen molar-refractivity contribution in [1.82, 2.24) is 9.80 Å². The number of piperidine rings is 2. The molecule has 31 heavy (non-hydrogen) atoms. The molecule has 0 saturated carbocycles. The lowest BCUT2D eigenvalue weighted by Crippen LogP contribution is -2.51. The summed E-state index contributed by atoms with van der Waals surface area (Å²) >= 11 is 0. The Balaban J connectivity index is 1.28. The molecule has 7 nitrogen and oxygen atoms in total. The Labute approximate surface area is 183 Å². The molecule has 0 radical (unpaired) electrons. The molecule has 0 bridgehead atoms. The molecule has 3 heterocycles. The summed E-state index contributed by atoms with van der Waals surface area (Å²) in [6.45, 7) is 5.48. The molecular formula is C24H31N3O4. The second-order valence-electron chi connectivity index (χ2n) is 8.30. The van der Waals surface area contributed by atoms with Crippen LogP contribution in [0, 0.1) is 5.92 Å². The minimum atomic E-state index is -0.213. The molecule has 1 aromatic heterocycles. The molecule has 1 atom stereocenters. The predicted octanol–water partition coefficient (Wildman–Crippen LogP) is 4.22. The lowest BCUT2D eigenvalue weighted by Gasteiger charge is -2.41. The highest BCUT2D eigenvalue weighted by molar-refractivity contribution is 5.93. The van der Waals surface area contributed by atoms with Crippen LogP contribution in [0.25, 0.3) is 11.3 Å². The van der Waals surface area contributed by atoms with E-state index in [4.69, 9.17) is 9.15 Å². The molecule has 1 aromatic carbocycles. The van der Waals surface area contributed by atoms with Crippen LogP contribution in [0.15, 0.2) is 47.1 Å². The summed E-state index contributed by atoms with van der Waals surface area (Å²) in [5.41, 5.74) is 1.79. The van der Waals surface area contributed by atoms with Gasteiger partial charge in [-0.05, 0) is 75.5 Å². The zero-order chi connectivity index (χ0) is 21.6. The van der Waals surface area contributed by atoms with E-state index in [1.165, 1.54) is 0 Å². The van der Waals surface area contributed by atoms with E-state index in [1.807, 2.05) is 43.3 Å². The summed E-state index contributed by atoms with van der Waals surface area (Å²) in [5.74, 6) is 0.885. The largest absolute Gasteiger partial charge is 0.464 e. The second kappa shape index (κ2) is 10.0. The van der Waals surface area contributed by atoms with Gasteiger partial charge in [0.05, 0.1) is 18.8 Å². The van der Waals surface area contributed by atoms with Gasteiger partial charge in [-0.1, -0.05) is 0 Å². The first-order valence-electron chi connectivity index (χ1n) is 11.2. The quantitative estimate of drug-likeness (QED) is 0.776. The third-order valence-corrected chi connectivity index (χ3v) is 6.29. The van der Waals surface area contributed by atoms with Crippen LogP contribution >= 0.6 is 0 Å². The standard InChI is InChI=1S/C24H31N3O4/c1-2-30-24(29)26-14-11-21(12-15-26)27-13-3-5-19(17-27)23(28)25-20-9-7-18(8-10-20)22-6-4-16-31-22/h4,6-10,16,19,21H,2-3,5,11-15,17H2,1H3,(H,25,28)/t19-/m0/s1. The van der Waals surface area contributed by atoms with Crippen molar-refractivity contribution in [2.24, 2.45) is 5.92 Å². The summed E-state index contributed by atoms with van der Waals surface area (Å²) in [6, 6.07) is 12.0. The van der Waals surface area contributed by atoms with Crippen molar-refractivity contribution in [2.45, 2.75) is 38.6 Å². The van der Waals surface area contributed by atoms with Crippen molar-refractivity contribution >= 4 is 17.7 Å². The van der Waals surface area contributed by atoms with Gasteiger partial charge in [0.15, 0.2) is 0 Å². The normalized spacial score (nSPS) is 20.4. The van der Waals surface area contributed by atoms with Gasteiger partial charge in [0.25, 0.3) is 0 Å². The summed E-state index contributed by atoms with van der Waals surface area (Å²) in [7, 11) is 0. The van der Waals surface area contributed by atoms with Gasteiger partial charge in [-0.25, -0.2) is 4.79 Å². The lowest BCUT2D eigenvalue weighted by molar-refractivity contribution is -0.122. The van der Waals surface area contributed by atoms with E-state index < -0.39 is 0 Å². The Kier molecular flexibility index (Phi) is 6.92. The highest BCUT2D eigenvalue weighted by Gasteiger charge is 2.32. The smallest absolute Gasteiger partial charge is 0.409 e. The van der Waals surface area contributed by atoms with E-state index in [0.29, 0.717) is 12.6 Å². The predicted molar refractivity (Wildman–Crippen MR) is 119 cm³/mol. The van der Waals surface area contributed by atoms with Gasteiger partial charge in [-0.2, -0.15) is 0 Å². The van der Waals surface area contributed by atoms with Gasteiger partial charge in [0.1, 0.15) is 5.76 Å². The van der Waals surface area contributed by atoms with E-state index in [-0.39, 0.29) is 17.9 Å². The van der Waals surface area contributed by atoms with Crippen LogP contribution in [0.5, 0.6) is 0 Å². The number of hydrogen-bond acceptors (Lipinski definition) is 5. The van der Waals surface area contributed by atoms with E-state index >= 15 is 0 Å². The first-order chi connectivity index (χ1) is 15.1. The third-order valence-electron chi connectivity index (χ3n) is 6.29. The molecule has 2 aliphatic rings. The van der Waals surface area contributed by atoms with Crippen molar-refractivity contribution in [1.29, 1.82) is 0 Å². The number of carbonyl (C=O) groups is 2. The maximum absolute atomic E-state index is 12.9. The number of anilines is 1. The van der Waals surface area contributed by atoms with Gasteiger partial charge in [-0.3, -0.25) is 9.69 Å². The maximum atomic E-state index is 12.9. The monoisotopic (exact) mass is 425 g/mol. The Hall–Kier alpha value is -2.80. The fourth-order valence-electron chi connectivity index (χ4n) is 4.59. The Bertz CT molecular complexity index is 857. The van der Waals surface area contributed by atoms with Crippen molar-refractivity contribution in [3.63, 3.8) is 0 Å². The average Bonchev–Trinajstić information content (AvgIpc) is 3.35. The Morgan fingerprint density at radius 3 is 2.55 bits per heavy atom. The SMILES string of the molecule is CCOC(=O)N1CCC(N2CCC[C@H](C(=O)Nc3ccc(-c4ccco4)cc3)C2)CC1. The first kappa shape index (κ1) is 21.4. The number of carbonyl (C=O) groups excluding carboxylic acids is 2. The van der Waals surface area contributed by atoms with Crippen LogP contribution in [-0.2, 0) is 9.53 Å². The fraction of sp³-hybridized carbons (Fsp3) is 0.500. The molecule has 2 saturated heterocycles. The van der Waals surface area contributed by atoms with Crippen molar-refractivity contribution in [3.8, 4) is 11.3 Å². The number of hydrogen-bond donors (Lipinski definition) is 1.